The number of nitrogens with zero attached hydrogens (tertiary/aromatic N) is 4. The van der Waals surface area contributed by atoms with Crippen LogP contribution in [0, 0.1) is 11.3 Å². The molecular formula is C13H12N4O. The number of aryl methyl sites for hydroxylation is 1. The zero-order valence-corrected chi connectivity index (χ0v) is 9.78. The molecule has 0 aliphatic rings. The smallest absolute Gasteiger partial charge is 0.234 e. The molecule has 1 heterocycles. The lowest BCUT2D eigenvalue weighted by Crippen LogP contribution is -2.04. The summed E-state index contributed by atoms with van der Waals surface area (Å²) in [5.41, 5.74) is 0.724. The van der Waals surface area contributed by atoms with Crippen molar-refractivity contribution >= 4 is 5.78 Å². The molecule has 90 valence electrons. The minimum absolute atomic E-state index is 0.113. The van der Waals surface area contributed by atoms with E-state index in [0.29, 0.717) is 19.4 Å². The Bertz CT molecular complexity index is 568. The number of Topliss-reactive ketones (excluding diaryl/α,β-unsaturated/α-hetero) is 1. The van der Waals surface area contributed by atoms with Gasteiger partial charge in [-0.05, 0) is 6.42 Å². The molecule has 0 saturated heterocycles. The molecule has 1 aromatic heterocycles. The van der Waals surface area contributed by atoms with Crippen LogP contribution in [0.15, 0.2) is 36.7 Å². The Morgan fingerprint density at radius 2 is 2.11 bits per heavy atom. The molecule has 5 heteroatoms. The third-order valence-electron chi connectivity index (χ3n) is 2.61. The van der Waals surface area contributed by atoms with Gasteiger partial charge < -0.3 is 4.57 Å². The van der Waals surface area contributed by atoms with Gasteiger partial charge in [-0.15, -0.1) is 10.2 Å². The van der Waals surface area contributed by atoms with E-state index < -0.39 is 0 Å². The molecule has 5 nitrogen and oxygen atoms in total. The van der Waals surface area contributed by atoms with E-state index in [9.17, 15) is 4.79 Å². The third-order valence-corrected chi connectivity index (χ3v) is 2.61. The van der Waals surface area contributed by atoms with Crippen LogP contribution in [0.1, 0.15) is 29.0 Å². The number of hydrogen-bond donors (Lipinski definition) is 0. The number of nitriles is 1. The van der Waals surface area contributed by atoms with E-state index in [1.54, 1.807) is 4.57 Å². The number of carbonyl (C=O) groups excluding carboxylic acids is 1. The molecule has 0 atom stereocenters. The van der Waals surface area contributed by atoms with E-state index in [2.05, 4.69) is 10.2 Å². The number of rotatable bonds is 5. The van der Waals surface area contributed by atoms with Crippen molar-refractivity contribution in [1.29, 1.82) is 5.26 Å². The van der Waals surface area contributed by atoms with Crippen LogP contribution in [0.2, 0.25) is 0 Å². The summed E-state index contributed by atoms with van der Waals surface area (Å²) in [5, 5.41) is 16.1. The summed E-state index contributed by atoms with van der Waals surface area (Å²) in [6, 6.07) is 11.1. The summed E-state index contributed by atoms with van der Waals surface area (Å²) in [6.45, 7) is 0.578. The van der Waals surface area contributed by atoms with Gasteiger partial charge >= 0.3 is 0 Å². The lowest BCUT2D eigenvalue weighted by molar-refractivity contribution is 0.0978. The molecular weight excluding hydrogens is 228 g/mol. The van der Waals surface area contributed by atoms with Gasteiger partial charge in [0, 0.05) is 18.5 Å². The van der Waals surface area contributed by atoms with Gasteiger partial charge in [0.1, 0.15) is 12.4 Å². The highest BCUT2D eigenvalue weighted by molar-refractivity contribution is 5.95. The number of aromatic nitrogens is 3. The average Bonchev–Trinajstić information content (AvgIpc) is 2.87. The highest BCUT2D eigenvalue weighted by Crippen LogP contribution is 2.06. The predicted octanol–water partition coefficient (Wildman–Crippen LogP) is 1.81. The van der Waals surface area contributed by atoms with Crippen LogP contribution in [-0.2, 0) is 6.54 Å². The topological polar surface area (TPSA) is 71.6 Å². The Labute approximate surface area is 105 Å². The zero-order chi connectivity index (χ0) is 12.8. The molecule has 0 bridgehead atoms. The van der Waals surface area contributed by atoms with Gasteiger partial charge in [0.05, 0.1) is 0 Å². The number of hydrogen-bond acceptors (Lipinski definition) is 4. The maximum absolute atomic E-state index is 11.8. The number of benzene rings is 1. The highest BCUT2D eigenvalue weighted by Gasteiger charge is 2.06. The number of ketones is 1. The van der Waals surface area contributed by atoms with E-state index in [-0.39, 0.29) is 11.6 Å². The van der Waals surface area contributed by atoms with E-state index in [4.69, 9.17) is 5.26 Å². The first-order chi connectivity index (χ1) is 8.81. The first kappa shape index (κ1) is 12.0. The van der Waals surface area contributed by atoms with E-state index in [0.717, 1.165) is 5.56 Å². The predicted molar refractivity (Wildman–Crippen MR) is 64.7 cm³/mol. The van der Waals surface area contributed by atoms with Crippen molar-refractivity contribution in [2.24, 2.45) is 0 Å². The molecule has 0 saturated carbocycles. The quantitative estimate of drug-likeness (QED) is 0.747. The van der Waals surface area contributed by atoms with Crippen LogP contribution in [-0.4, -0.2) is 20.5 Å². The molecule has 0 N–H and O–H groups in total. The average molecular weight is 240 g/mol. The molecule has 0 fully saturated rings. The van der Waals surface area contributed by atoms with Gasteiger partial charge in [0.15, 0.2) is 5.78 Å². The van der Waals surface area contributed by atoms with Crippen LogP contribution in [0.5, 0.6) is 0 Å². The van der Waals surface area contributed by atoms with Crippen LogP contribution in [0.4, 0.5) is 0 Å². The van der Waals surface area contributed by atoms with Crippen LogP contribution >= 0.6 is 0 Å². The van der Waals surface area contributed by atoms with E-state index in [1.165, 1.54) is 6.33 Å². The van der Waals surface area contributed by atoms with Gasteiger partial charge in [-0.3, -0.25) is 4.79 Å². The van der Waals surface area contributed by atoms with Gasteiger partial charge in [-0.25, -0.2) is 0 Å². The van der Waals surface area contributed by atoms with Crippen molar-refractivity contribution in [2.45, 2.75) is 19.4 Å². The monoisotopic (exact) mass is 240 g/mol. The summed E-state index contributed by atoms with van der Waals surface area (Å²) in [6.07, 6.45) is 2.62. The summed E-state index contributed by atoms with van der Waals surface area (Å²) < 4.78 is 1.65. The SMILES string of the molecule is N#Cc1nncn1CCCC(=O)c1ccccc1. The summed E-state index contributed by atoms with van der Waals surface area (Å²) >= 11 is 0. The molecule has 0 radical (unpaired) electrons. The Morgan fingerprint density at radius 3 is 2.83 bits per heavy atom. The molecule has 0 unspecified atom stereocenters. The third kappa shape index (κ3) is 2.80. The maximum atomic E-state index is 11.8. The van der Waals surface area contributed by atoms with Gasteiger partial charge in [0.2, 0.25) is 5.82 Å². The highest BCUT2D eigenvalue weighted by atomic mass is 16.1. The van der Waals surface area contributed by atoms with Crippen LogP contribution < -0.4 is 0 Å². The fourth-order valence-electron chi connectivity index (χ4n) is 1.68. The minimum Gasteiger partial charge on any atom is -0.305 e. The molecule has 2 aromatic rings. The van der Waals surface area contributed by atoms with Crippen molar-refractivity contribution in [3.8, 4) is 6.07 Å². The van der Waals surface area contributed by atoms with Crippen LogP contribution in [0.3, 0.4) is 0 Å². The second kappa shape index (κ2) is 5.73. The Kier molecular flexibility index (Phi) is 3.82. The molecule has 0 aliphatic carbocycles. The zero-order valence-electron chi connectivity index (χ0n) is 9.78. The molecule has 1 aromatic carbocycles. The van der Waals surface area contributed by atoms with Crippen molar-refractivity contribution in [1.82, 2.24) is 14.8 Å². The Morgan fingerprint density at radius 1 is 1.33 bits per heavy atom. The maximum Gasteiger partial charge on any atom is 0.234 e. The molecule has 0 aliphatic heterocycles. The first-order valence-electron chi connectivity index (χ1n) is 5.67. The van der Waals surface area contributed by atoms with Crippen molar-refractivity contribution < 1.29 is 4.79 Å². The van der Waals surface area contributed by atoms with Gasteiger partial charge in [-0.1, -0.05) is 30.3 Å². The number of carbonyl (C=O) groups is 1. The normalized spacial score (nSPS) is 9.94. The Hall–Kier alpha value is -2.48. The standard InChI is InChI=1S/C13H12N4O/c14-9-13-16-15-10-17(13)8-4-7-12(18)11-5-2-1-3-6-11/h1-3,5-6,10H,4,7-8H2. The van der Waals surface area contributed by atoms with E-state index in [1.807, 2.05) is 36.4 Å². The fraction of sp³-hybridized carbons (Fsp3) is 0.231. The van der Waals surface area contributed by atoms with Crippen LogP contribution in [0.25, 0.3) is 0 Å². The molecule has 2 rings (SSSR count). The van der Waals surface area contributed by atoms with Gasteiger partial charge in [0.25, 0.3) is 0 Å². The fourth-order valence-corrected chi connectivity index (χ4v) is 1.68. The lowest BCUT2D eigenvalue weighted by atomic mass is 10.1. The summed E-state index contributed by atoms with van der Waals surface area (Å²) in [4.78, 5) is 11.8. The lowest BCUT2D eigenvalue weighted by Gasteiger charge is -2.02. The van der Waals surface area contributed by atoms with Crippen molar-refractivity contribution in [3.63, 3.8) is 0 Å². The molecule has 0 spiro atoms. The van der Waals surface area contributed by atoms with E-state index >= 15 is 0 Å². The second-order valence-electron chi connectivity index (χ2n) is 3.85. The summed E-state index contributed by atoms with van der Waals surface area (Å²) in [7, 11) is 0. The Balaban J connectivity index is 1.87. The summed E-state index contributed by atoms with van der Waals surface area (Å²) in [5.74, 6) is 0.393. The van der Waals surface area contributed by atoms with Crippen molar-refractivity contribution in [2.75, 3.05) is 0 Å². The molecule has 18 heavy (non-hydrogen) atoms. The largest absolute Gasteiger partial charge is 0.305 e. The molecule has 0 amide bonds. The minimum atomic E-state index is 0.113. The van der Waals surface area contributed by atoms with Crippen molar-refractivity contribution in [3.05, 3.63) is 48.0 Å². The van der Waals surface area contributed by atoms with Gasteiger partial charge in [-0.2, -0.15) is 5.26 Å². The second-order valence-corrected chi connectivity index (χ2v) is 3.85. The first-order valence-corrected chi connectivity index (χ1v) is 5.67.